The molecule has 158 valence electrons. The number of rotatable bonds is 7. The molecule has 1 fully saturated rings. The third-order valence-corrected chi connectivity index (χ3v) is 7.20. The normalized spacial score (nSPS) is 19.3. The van der Waals surface area contributed by atoms with E-state index in [1.54, 1.807) is 0 Å². The molecule has 0 aliphatic heterocycles. The highest BCUT2D eigenvalue weighted by atomic mass is 19.1. The molecule has 1 aliphatic carbocycles. The number of hydrogen-bond donors (Lipinski definition) is 0. The van der Waals surface area contributed by atoms with Gasteiger partial charge in [-0.05, 0) is 53.2 Å². The van der Waals surface area contributed by atoms with E-state index in [-0.39, 0.29) is 5.82 Å². The summed E-state index contributed by atoms with van der Waals surface area (Å²) in [6.07, 6.45) is 11.8. The minimum atomic E-state index is -0.105. The van der Waals surface area contributed by atoms with Crippen LogP contribution in [0.4, 0.5) is 4.39 Å². The summed E-state index contributed by atoms with van der Waals surface area (Å²) in [7, 11) is 0. The van der Waals surface area contributed by atoms with E-state index in [1.165, 1.54) is 56.1 Å². The zero-order valence-electron chi connectivity index (χ0n) is 18.6. The van der Waals surface area contributed by atoms with E-state index in [1.807, 2.05) is 18.2 Å². The second-order valence-corrected chi connectivity index (χ2v) is 9.25. The van der Waals surface area contributed by atoms with Gasteiger partial charge in [-0.25, -0.2) is 4.39 Å². The third-order valence-electron chi connectivity index (χ3n) is 7.20. The Hall–Kier alpha value is -2.15. The van der Waals surface area contributed by atoms with Crippen molar-refractivity contribution >= 4 is 10.8 Å². The first kappa shape index (κ1) is 21.1. The average molecular weight is 403 g/mol. The molecule has 0 N–H and O–H groups in total. The van der Waals surface area contributed by atoms with Gasteiger partial charge in [-0.2, -0.15) is 0 Å². The monoisotopic (exact) mass is 402 g/mol. The maximum atomic E-state index is 15.2. The van der Waals surface area contributed by atoms with Crippen molar-refractivity contribution in [1.29, 1.82) is 0 Å². The molecule has 0 spiro atoms. The summed E-state index contributed by atoms with van der Waals surface area (Å²) in [4.78, 5) is 0. The van der Waals surface area contributed by atoms with Crippen molar-refractivity contribution in [2.75, 3.05) is 0 Å². The summed E-state index contributed by atoms with van der Waals surface area (Å²) in [5, 5.41) is 1.70. The molecule has 0 saturated heterocycles. The number of benzene rings is 3. The van der Waals surface area contributed by atoms with Crippen molar-refractivity contribution in [3.63, 3.8) is 0 Å². The molecule has 0 bridgehead atoms. The topological polar surface area (TPSA) is 0 Å². The van der Waals surface area contributed by atoms with Gasteiger partial charge in [-0.3, -0.25) is 0 Å². The van der Waals surface area contributed by atoms with E-state index < -0.39 is 0 Å². The Bertz CT molecular complexity index is 962. The Morgan fingerprint density at radius 1 is 0.767 bits per heavy atom. The van der Waals surface area contributed by atoms with E-state index in [0.717, 1.165) is 35.6 Å². The summed E-state index contributed by atoms with van der Waals surface area (Å²) < 4.78 is 15.2. The van der Waals surface area contributed by atoms with Gasteiger partial charge in [0, 0.05) is 10.9 Å². The molecule has 1 saturated carbocycles. The first-order valence-electron chi connectivity index (χ1n) is 12.0. The summed E-state index contributed by atoms with van der Waals surface area (Å²) in [6, 6.07) is 18.6. The molecule has 0 amide bonds. The first-order chi connectivity index (χ1) is 14.7. The van der Waals surface area contributed by atoms with Crippen molar-refractivity contribution in [3.8, 4) is 11.1 Å². The predicted molar refractivity (Wildman–Crippen MR) is 127 cm³/mol. The van der Waals surface area contributed by atoms with Crippen LogP contribution in [-0.4, -0.2) is 0 Å². The summed E-state index contributed by atoms with van der Waals surface area (Å²) >= 11 is 0. The lowest BCUT2D eigenvalue weighted by molar-refractivity contribution is 0.252. The van der Waals surface area contributed by atoms with Crippen LogP contribution in [0.25, 0.3) is 21.9 Å². The SMILES string of the molecule is CCCC1CCC(CCc2ccc(-c3ccc4cc(CC)ccc4c3F)cc2)CC1. The van der Waals surface area contributed by atoms with Crippen LogP contribution in [0.3, 0.4) is 0 Å². The smallest absolute Gasteiger partial charge is 0.138 e. The molecule has 30 heavy (non-hydrogen) atoms. The Morgan fingerprint density at radius 2 is 1.43 bits per heavy atom. The molecule has 1 aliphatic rings. The molecule has 3 aromatic rings. The van der Waals surface area contributed by atoms with E-state index in [2.05, 4.69) is 50.2 Å². The zero-order chi connectivity index (χ0) is 20.9. The van der Waals surface area contributed by atoms with Gasteiger partial charge in [-0.1, -0.05) is 107 Å². The molecule has 0 nitrogen and oxygen atoms in total. The van der Waals surface area contributed by atoms with Crippen LogP contribution in [-0.2, 0) is 12.8 Å². The molecule has 0 unspecified atom stereocenters. The molecule has 0 aromatic heterocycles. The predicted octanol–water partition coefficient (Wildman–Crippen LogP) is 8.75. The number of hydrogen-bond acceptors (Lipinski definition) is 0. The standard InChI is InChI=1S/C29H35F/c1-3-5-22-6-8-23(9-7-22)10-11-24-12-15-25(16-13-24)27-19-17-26-20-21(4-2)14-18-28(26)29(27)30/h12-20,22-23H,3-11H2,1-2H3. The van der Waals surface area contributed by atoms with Crippen LogP contribution in [0.2, 0.25) is 0 Å². The number of halogens is 1. The van der Waals surface area contributed by atoms with E-state index in [0.29, 0.717) is 10.9 Å². The van der Waals surface area contributed by atoms with E-state index in [9.17, 15) is 0 Å². The Balaban J connectivity index is 1.41. The van der Waals surface area contributed by atoms with Gasteiger partial charge in [0.1, 0.15) is 5.82 Å². The van der Waals surface area contributed by atoms with Gasteiger partial charge in [0.05, 0.1) is 0 Å². The highest BCUT2D eigenvalue weighted by Gasteiger charge is 2.20. The Kier molecular flexibility index (Phi) is 6.87. The molecule has 3 aromatic carbocycles. The number of aryl methyl sites for hydroxylation is 2. The average Bonchev–Trinajstić information content (AvgIpc) is 2.79. The molecular formula is C29H35F. The van der Waals surface area contributed by atoms with Crippen molar-refractivity contribution < 1.29 is 4.39 Å². The van der Waals surface area contributed by atoms with Crippen LogP contribution >= 0.6 is 0 Å². The fraction of sp³-hybridized carbons (Fsp3) is 0.448. The van der Waals surface area contributed by atoms with Gasteiger partial charge in [0.25, 0.3) is 0 Å². The minimum Gasteiger partial charge on any atom is -0.206 e. The van der Waals surface area contributed by atoms with Crippen LogP contribution in [0.5, 0.6) is 0 Å². The summed E-state index contributed by atoms with van der Waals surface area (Å²) in [5.41, 5.74) is 4.30. The summed E-state index contributed by atoms with van der Waals surface area (Å²) in [6.45, 7) is 4.44. The maximum Gasteiger partial charge on any atom is 0.138 e. The van der Waals surface area contributed by atoms with Crippen molar-refractivity contribution in [1.82, 2.24) is 0 Å². The molecule has 0 heterocycles. The molecule has 0 atom stereocenters. The lowest BCUT2D eigenvalue weighted by Gasteiger charge is -2.28. The van der Waals surface area contributed by atoms with E-state index in [4.69, 9.17) is 0 Å². The van der Waals surface area contributed by atoms with Crippen LogP contribution in [0.1, 0.15) is 69.9 Å². The largest absolute Gasteiger partial charge is 0.206 e. The highest BCUT2D eigenvalue weighted by molar-refractivity contribution is 5.88. The summed E-state index contributed by atoms with van der Waals surface area (Å²) in [5.74, 6) is 1.77. The van der Waals surface area contributed by atoms with Crippen LogP contribution in [0, 0.1) is 17.7 Å². The van der Waals surface area contributed by atoms with Gasteiger partial charge < -0.3 is 0 Å². The van der Waals surface area contributed by atoms with Crippen molar-refractivity contribution in [3.05, 3.63) is 71.5 Å². The second kappa shape index (κ2) is 9.77. The van der Waals surface area contributed by atoms with Gasteiger partial charge in [0.15, 0.2) is 0 Å². The molecular weight excluding hydrogens is 367 g/mol. The van der Waals surface area contributed by atoms with Crippen molar-refractivity contribution in [2.24, 2.45) is 11.8 Å². The fourth-order valence-corrected chi connectivity index (χ4v) is 5.22. The van der Waals surface area contributed by atoms with E-state index >= 15 is 4.39 Å². The lowest BCUT2D eigenvalue weighted by Crippen LogP contribution is -2.15. The first-order valence-corrected chi connectivity index (χ1v) is 12.0. The number of fused-ring (bicyclic) bond motifs is 1. The van der Waals surface area contributed by atoms with Crippen molar-refractivity contribution in [2.45, 2.75) is 71.6 Å². The van der Waals surface area contributed by atoms with Gasteiger partial charge in [-0.15, -0.1) is 0 Å². The van der Waals surface area contributed by atoms with Gasteiger partial charge >= 0.3 is 0 Å². The highest BCUT2D eigenvalue weighted by Crippen LogP contribution is 2.34. The fourth-order valence-electron chi connectivity index (χ4n) is 5.22. The van der Waals surface area contributed by atoms with Crippen LogP contribution < -0.4 is 0 Å². The third kappa shape index (κ3) is 4.77. The quantitative estimate of drug-likeness (QED) is 0.370. The Morgan fingerprint density at radius 3 is 2.10 bits per heavy atom. The lowest BCUT2D eigenvalue weighted by atomic mass is 9.78. The molecule has 4 rings (SSSR count). The second-order valence-electron chi connectivity index (χ2n) is 9.25. The maximum absolute atomic E-state index is 15.2. The molecule has 1 heteroatoms. The molecule has 0 radical (unpaired) electrons. The minimum absolute atomic E-state index is 0.105. The zero-order valence-corrected chi connectivity index (χ0v) is 18.6. The van der Waals surface area contributed by atoms with Crippen LogP contribution in [0.15, 0.2) is 54.6 Å². The van der Waals surface area contributed by atoms with Gasteiger partial charge in [0.2, 0.25) is 0 Å². The Labute approximate surface area is 181 Å².